The first-order valence-electron chi connectivity index (χ1n) is 8.03. The Hall–Kier alpha value is -1.06. The molecule has 0 aromatic carbocycles. The molecule has 2 N–H and O–H groups in total. The predicted molar refractivity (Wildman–Crippen MR) is 85.6 cm³/mol. The van der Waals surface area contributed by atoms with Crippen molar-refractivity contribution in [2.24, 2.45) is 5.92 Å². The summed E-state index contributed by atoms with van der Waals surface area (Å²) in [6.45, 7) is 9.86. The summed E-state index contributed by atoms with van der Waals surface area (Å²) in [7, 11) is 1.60. The van der Waals surface area contributed by atoms with Gasteiger partial charge in [-0.3, -0.25) is 9.59 Å². The van der Waals surface area contributed by atoms with Crippen molar-refractivity contribution in [2.75, 3.05) is 7.05 Å². The third-order valence-corrected chi connectivity index (χ3v) is 3.32. The van der Waals surface area contributed by atoms with Crippen LogP contribution >= 0.6 is 0 Å². The monoisotopic (exact) mass is 286 g/mol. The summed E-state index contributed by atoms with van der Waals surface area (Å²) in [6, 6.07) is -0.383. The number of likely N-dealkylation sites (N-methyl/N-ethyl adjacent to an activating group) is 1. The van der Waals surface area contributed by atoms with Crippen LogP contribution in [0, 0.1) is 5.92 Å². The van der Waals surface area contributed by atoms with E-state index in [1.165, 1.54) is 26.2 Å². The Kier molecular flexibility index (Phi) is 15.2. The van der Waals surface area contributed by atoms with Crippen molar-refractivity contribution in [2.45, 2.75) is 79.2 Å². The lowest BCUT2D eigenvalue weighted by molar-refractivity contribution is -0.127. The van der Waals surface area contributed by atoms with Crippen molar-refractivity contribution in [3.05, 3.63) is 0 Å². The highest BCUT2D eigenvalue weighted by Crippen LogP contribution is 2.18. The van der Waals surface area contributed by atoms with E-state index in [-0.39, 0.29) is 17.9 Å². The van der Waals surface area contributed by atoms with Gasteiger partial charge >= 0.3 is 0 Å². The van der Waals surface area contributed by atoms with Gasteiger partial charge in [0.15, 0.2) is 0 Å². The molecule has 0 rings (SSSR count). The second kappa shape index (κ2) is 14.4. The Labute approximate surface area is 125 Å². The van der Waals surface area contributed by atoms with E-state index in [1.54, 1.807) is 7.05 Å². The summed E-state index contributed by atoms with van der Waals surface area (Å²) in [5.74, 6) is 0.496. The van der Waals surface area contributed by atoms with Crippen molar-refractivity contribution in [3.63, 3.8) is 0 Å². The van der Waals surface area contributed by atoms with E-state index in [0.29, 0.717) is 0 Å². The Morgan fingerprint density at radius 1 is 1.05 bits per heavy atom. The molecule has 120 valence electrons. The maximum absolute atomic E-state index is 11.6. The predicted octanol–water partition coefficient (Wildman–Crippen LogP) is 3.26. The molecular weight excluding hydrogens is 252 g/mol. The van der Waals surface area contributed by atoms with Crippen LogP contribution in [-0.4, -0.2) is 24.9 Å². The third kappa shape index (κ3) is 10.8. The quantitative estimate of drug-likeness (QED) is 0.683. The smallest absolute Gasteiger partial charge is 0.242 e. The first kappa shape index (κ1) is 21.2. The number of amides is 2. The van der Waals surface area contributed by atoms with Crippen molar-refractivity contribution in [3.8, 4) is 0 Å². The molecule has 4 nitrogen and oxygen atoms in total. The van der Waals surface area contributed by atoms with Gasteiger partial charge in [-0.1, -0.05) is 59.8 Å². The molecular formula is C16H34N2O2. The van der Waals surface area contributed by atoms with Crippen molar-refractivity contribution in [1.82, 2.24) is 10.6 Å². The van der Waals surface area contributed by atoms with Gasteiger partial charge < -0.3 is 10.6 Å². The average molecular weight is 286 g/mol. The summed E-state index contributed by atoms with van der Waals surface area (Å²) in [5, 5.41) is 5.30. The lowest BCUT2D eigenvalue weighted by Gasteiger charge is -2.18. The van der Waals surface area contributed by atoms with Gasteiger partial charge in [-0.2, -0.15) is 0 Å². The lowest BCUT2D eigenvalue weighted by Crippen LogP contribution is -2.44. The minimum Gasteiger partial charge on any atom is -0.357 e. The molecule has 0 saturated heterocycles. The van der Waals surface area contributed by atoms with Crippen LogP contribution in [0.2, 0.25) is 0 Å². The highest BCUT2D eigenvalue weighted by molar-refractivity contribution is 5.86. The van der Waals surface area contributed by atoms with Crippen LogP contribution in [0.4, 0.5) is 0 Å². The Bertz CT molecular complexity index is 255. The molecule has 0 saturated carbocycles. The zero-order valence-corrected chi connectivity index (χ0v) is 14.2. The minimum atomic E-state index is -0.383. The normalized spacial score (nSPS) is 12.7. The van der Waals surface area contributed by atoms with Gasteiger partial charge in [-0.25, -0.2) is 0 Å². The van der Waals surface area contributed by atoms with E-state index in [4.69, 9.17) is 0 Å². The second-order valence-corrected chi connectivity index (χ2v) is 4.86. The van der Waals surface area contributed by atoms with Crippen LogP contribution in [-0.2, 0) is 9.59 Å². The Morgan fingerprint density at radius 2 is 1.65 bits per heavy atom. The van der Waals surface area contributed by atoms with Crippen LogP contribution in [0.5, 0.6) is 0 Å². The molecule has 2 unspecified atom stereocenters. The number of rotatable bonds is 9. The van der Waals surface area contributed by atoms with E-state index in [0.717, 1.165) is 25.2 Å². The molecule has 0 aliphatic carbocycles. The second-order valence-electron chi connectivity index (χ2n) is 4.86. The fourth-order valence-electron chi connectivity index (χ4n) is 2.26. The van der Waals surface area contributed by atoms with E-state index in [1.807, 2.05) is 13.8 Å². The minimum absolute atomic E-state index is 0.103. The molecule has 0 aromatic rings. The fraction of sp³-hybridized carbons (Fsp3) is 0.875. The molecule has 0 fully saturated rings. The van der Waals surface area contributed by atoms with E-state index in [2.05, 4.69) is 24.5 Å². The first-order valence-corrected chi connectivity index (χ1v) is 8.03. The van der Waals surface area contributed by atoms with E-state index >= 15 is 0 Å². The summed E-state index contributed by atoms with van der Waals surface area (Å²) in [5.41, 5.74) is 0. The van der Waals surface area contributed by atoms with E-state index in [9.17, 15) is 9.59 Å². The van der Waals surface area contributed by atoms with Gasteiger partial charge in [0.25, 0.3) is 0 Å². The maximum Gasteiger partial charge on any atom is 0.242 e. The maximum atomic E-state index is 11.6. The van der Waals surface area contributed by atoms with Crippen molar-refractivity contribution >= 4 is 11.8 Å². The van der Waals surface area contributed by atoms with Crippen LogP contribution in [0.1, 0.15) is 73.1 Å². The molecule has 4 heteroatoms. The number of hydrogen-bond donors (Lipinski definition) is 2. The number of carbonyl (C=O) groups is 2. The highest BCUT2D eigenvalue weighted by Gasteiger charge is 2.18. The van der Waals surface area contributed by atoms with Crippen molar-refractivity contribution in [1.29, 1.82) is 0 Å². The van der Waals surface area contributed by atoms with E-state index < -0.39 is 0 Å². The first-order chi connectivity index (χ1) is 9.54. The van der Waals surface area contributed by atoms with Crippen molar-refractivity contribution < 1.29 is 9.59 Å². The number of hydrogen-bond acceptors (Lipinski definition) is 2. The highest BCUT2D eigenvalue weighted by atomic mass is 16.2. The SMILES string of the molecule is CC.CCCC(CC)CCCC(NC(C)=O)C(=O)NC. The van der Waals surface area contributed by atoms with Crippen LogP contribution in [0.3, 0.4) is 0 Å². The molecule has 20 heavy (non-hydrogen) atoms. The molecule has 0 bridgehead atoms. The topological polar surface area (TPSA) is 58.2 Å². The Morgan fingerprint density at radius 3 is 2.05 bits per heavy atom. The van der Waals surface area contributed by atoms with Gasteiger partial charge in [0.05, 0.1) is 0 Å². The number of carbonyl (C=O) groups excluding carboxylic acids is 2. The molecule has 0 radical (unpaired) electrons. The molecule has 2 amide bonds. The van der Waals surface area contributed by atoms with Gasteiger partial charge in [-0.05, 0) is 12.3 Å². The van der Waals surface area contributed by atoms with Crippen LogP contribution in [0.15, 0.2) is 0 Å². The van der Waals surface area contributed by atoms with Gasteiger partial charge in [0.2, 0.25) is 11.8 Å². The van der Waals surface area contributed by atoms with Gasteiger partial charge in [0, 0.05) is 14.0 Å². The summed E-state index contributed by atoms with van der Waals surface area (Å²) in [6.07, 6.45) is 6.50. The standard InChI is InChI=1S/C14H28N2O2.C2H6/c1-5-8-12(6-2)9-7-10-13(14(18)15-4)16-11(3)17;1-2/h12-13H,5-10H2,1-4H3,(H,15,18)(H,16,17);1-2H3. The third-order valence-electron chi connectivity index (χ3n) is 3.32. The summed E-state index contributed by atoms with van der Waals surface area (Å²) in [4.78, 5) is 22.6. The van der Waals surface area contributed by atoms with Crippen LogP contribution in [0.25, 0.3) is 0 Å². The molecule has 0 aliphatic rings. The molecule has 0 aromatic heterocycles. The zero-order chi connectivity index (χ0) is 16.0. The zero-order valence-electron chi connectivity index (χ0n) is 14.2. The Balaban J connectivity index is 0. The average Bonchev–Trinajstić information content (AvgIpc) is 2.46. The van der Waals surface area contributed by atoms with Crippen LogP contribution < -0.4 is 10.6 Å². The largest absolute Gasteiger partial charge is 0.357 e. The summed E-state index contributed by atoms with van der Waals surface area (Å²) < 4.78 is 0. The van der Waals surface area contributed by atoms with Gasteiger partial charge in [0.1, 0.15) is 6.04 Å². The molecule has 0 spiro atoms. The van der Waals surface area contributed by atoms with Gasteiger partial charge in [-0.15, -0.1) is 0 Å². The molecule has 2 atom stereocenters. The summed E-state index contributed by atoms with van der Waals surface area (Å²) >= 11 is 0. The number of nitrogens with one attached hydrogen (secondary N) is 2. The molecule has 0 heterocycles. The fourth-order valence-corrected chi connectivity index (χ4v) is 2.26. The molecule has 0 aliphatic heterocycles. The lowest BCUT2D eigenvalue weighted by atomic mass is 9.93.